The highest BCUT2D eigenvalue weighted by molar-refractivity contribution is 7.98. The van der Waals surface area contributed by atoms with E-state index in [-0.39, 0.29) is 0 Å². The van der Waals surface area contributed by atoms with E-state index in [2.05, 4.69) is 17.5 Å². The second kappa shape index (κ2) is 6.87. The van der Waals surface area contributed by atoms with E-state index in [0.29, 0.717) is 0 Å². The first-order chi connectivity index (χ1) is 11.4. The van der Waals surface area contributed by atoms with Crippen molar-refractivity contribution >= 4 is 11.8 Å². The molecule has 5 atom stereocenters. The molecule has 0 heterocycles. The van der Waals surface area contributed by atoms with Crippen molar-refractivity contribution in [3.63, 3.8) is 0 Å². The van der Waals surface area contributed by atoms with Gasteiger partial charge in [0.25, 0.3) is 0 Å². The lowest BCUT2D eigenvalue weighted by Gasteiger charge is -2.32. The molecule has 23 heavy (non-hydrogen) atoms. The van der Waals surface area contributed by atoms with Crippen LogP contribution in [0.5, 0.6) is 0 Å². The molecule has 1 aromatic rings. The summed E-state index contributed by atoms with van der Waals surface area (Å²) in [6.45, 7) is 1.12. The third-order valence-corrected chi connectivity index (χ3v) is 7.48. The van der Waals surface area contributed by atoms with E-state index in [1.165, 1.54) is 37.7 Å². The quantitative estimate of drug-likeness (QED) is 0.796. The molecule has 0 amide bonds. The van der Waals surface area contributed by atoms with Gasteiger partial charge in [0.2, 0.25) is 0 Å². The van der Waals surface area contributed by atoms with Crippen LogP contribution in [0.25, 0.3) is 0 Å². The number of nitriles is 1. The summed E-state index contributed by atoms with van der Waals surface area (Å²) in [6, 6.07) is 11.1. The molecule has 122 valence electrons. The molecule has 2 bridgehead atoms. The molecule has 1 N–H and O–H groups in total. The van der Waals surface area contributed by atoms with E-state index in [1.807, 2.05) is 30.0 Å². The summed E-state index contributed by atoms with van der Waals surface area (Å²) in [4.78, 5) is 0. The van der Waals surface area contributed by atoms with Crippen LogP contribution in [0.3, 0.4) is 0 Å². The van der Waals surface area contributed by atoms with Gasteiger partial charge in [0.15, 0.2) is 0 Å². The minimum absolute atomic E-state index is 0.798. The number of hydrogen-bond acceptors (Lipinski definition) is 3. The zero-order valence-electron chi connectivity index (χ0n) is 13.7. The SMILES string of the molecule is N#Cc1ccccc1CSCCN[C@@H]1C[C@H]2C[C@H]1[C@H]1CCC[C@@H]21. The van der Waals surface area contributed by atoms with Gasteiger partial charge in [0, 0.05) is 24.1 Å². The molecule has 0 aromatic heterocycles. The molecule has 0 spiro atoms. The van der Waals surface area contributed by atoms with Gasteiger partial charge in [-0.2, -0.15) is 17.0 Å². The average molecular weight is 327 g/mol. The third-order valence-electron chi connectivity index (χ3n) is 6.48. The van der Waals surface area contributed by atoms with Crippen molar-refractivity contribution in [2.24, 2.45) is 23.7 Å². The van der Waals surface area contributed by atoms with Gasteiger partial charge in [-0.1, -0.05) is 24.6 Å². The lowest BCUT2D eigenvalue weighted by atomic mass is 9.79. The second-order valence-corrected chi connectivity index (χ2v) is 8.64. The summed E-state index contributed by atoms with van der Waals surface area (Å²) in [5, 5.41) is 13.0. The van der Waals surface area contributed by atoms with Crippen LogP contribution in [0.2, 0.25) is 0 Å². The van der Waals surface area contributed by atoms with Gasteiger partial charge in [0.05, 0.1) is 11.6 Å². The molecule has 4 rings (SSSR count). The van der Waals surface area contributed by atoms with Gasteiger partial charge in [0.1, 0.15) is 0 Å². The Morgan fingerprint density at radius 3 is 2.91 bits per heavy atom. The molecule has 1 aromatic carbocycles. The average Bonchev–Trinajstić information content (AvgIpc) is 3.27. The maximum Gasteiger partial charge on any atom is 0.0994 e. The number of benzene rings is 1. The smallest absolute Gasteiger partial charge is 0.0994 e. The molecule has 3 aliphatic carbocycles. The fraction of sp³-hybridized carbons (Fsp3) is 0.650. The van der Waals surface area contributed by atoms with Crippen LogP contribution in [0.15, 0.2) is 24.3 Å². The zero-order valence-corrected chi connectivity index (χ0v) is 14.5. The van der Waals surface area contributed by atoms with Gasteiger partial charge < -0.3 is 5.32 Å². The first-order valence-corrected chi connectivity index (χ1v) is 10.3. The molecule has 2 nitrogen and oxygen atoms in total. The van der Waals surface area contributed by atoms with E-state index < -0.39 is 0 Å². The van der Waals surface area contributed by atoms with Crippen molar-refractivity contribution in [3.8, 4) is 6.07 Å². The van der Waals surface area contributed by atoms with Crippen LogP contribution in [0.4, 0.5) is 0 Å². The molecule has 0 unspecified atom stereocenters. The summed E-state index contributed by atoms with van der Waals surface area (Å²) < 4.78 is 0. The Kier molecular flexibility index (Phi) is 4.64. The summed E-state index contributed by atoms with van der Waals surface area (Å²) in [7, 11) is 0. The van der Waals surface area contributed by atoms with E-state index >= 15 is 0 Å². The Labute approximate surface area is 144 Å². The van der Waals surface area contributed by atoms with Crippen molar-refractivity contribution < 1.29 is 0 Å². The first-order valence-electron chi connectivity index (χ1n) is 9.16. The Morgan fingerprint density at radius 1 is 1.13 bits per heavy atom. The number of rotatable bonds is 6. The first kappa shape index (κ1) is 15.5. The van der Waals surface area contributed by atoms with Crippen LogP contribution in [-0.4, -0.2) is 18.3 Å². The number of thioether (sulfide) groups is 1. The van der Waals surface area contributed by atoms with Crippen molar-refractivity contribution in [1.82, 2.24) is 5.32 Å². The maximum absolute atomic E-state index is 9.13. The normalized spacial score (nSPS) is 34.5. The van der Waals surface area contributed by atoms with E-state index in [4.69, 9.17) is 5.26 Å². The molecule has 3 fully saturated rings. The third kappa shape index (κ3) is 3.04. The summed E-state index contributed by atoms with van der Waals surface area (Å²) in [5.74, 6) is 6.27. The highest BCUT2D eigenvalue weighted by Gasteiger charge is 2.53. The molecule has 3 saturated carbocycles. The lowest BCUT2D eigenvalue weighted by molar-refractivity contribution is 0.211. The Morgan fingerprint density at radius 2 is 2.00 bits per heavy atom. The van der Waals surface area contributed by atoms with Crippen molar-refractivity contribution in [2.75, 3.05) is 12.3 Å². The van der Waals surface area contributed by atoms with Gasteiger partial charge in [-0.25, -0.2) is 0 Å². The van der Waals surface area contributed by atoms with Crippen LogP contribution < -0.4 is 5.32 Å². The summed E-state index contributed by atoms with van der Waals surface area (Å²) in [6.07, 6.45) is 7.46. The van der Waals surface area contributed by atoms with Gasteiger partial charge in [-0.15, -0.1) is 0 Å². The highest BCUT2D eigenvalue weighted by Crippen LogP contribution is 2.58. The van der Waals surface area contributed by atoms with Crippen LogP contribution in [0.1, 0.15) is 43.2 Å². The minimum atomic E-state index is 0.798. The van der Waals surface area contributed by atoms with E-state index in [9.17, 15) is 0 Å². The lowest BCUT2D eigenvalue weighted by Crippen LogP contribution is -2.40. The Bertz CT molecular complexity index is 594. The highest BCUT2D eigenvalue weighted by atomic mass is 32.2. The van der Waals surface area contributed by atoms with Gasteiger partial charge >= 0.3 is 0 Å². The Hall–Kier alpha value is -0.980. The predicted molar refractivity (Wildman–Crippen MR) is 96.2 cm³/mol. The van der Waals surface area contributed by atoms with Crippen molar-refractivity contribution in [2.45, 2.75) is 43.9 Å². The van der Waals surface area contributed by atoms with Crippen molar-refractivity contribution in [1.29, 1.82) is 5.26 Å². The molecule has 3 aliphatic rings. The monoisotopic (exact) mass is 326 g/mol. The van der Waals surface area contributed by atoms with Crippen LogP contribution in [0, 0.1) is 35.0 Å². The molecule has 0 radical (unpaired) electrons. The number of hydrogen-bond donors (Lipinski definition) is 1. The summed E-state index contributed by atoms with van der Waals surface area (Å²) in [5.41, 5.74) is 2.00. The fourth-order valence-electron chi connectivity index (χ4n) is 5.56. The predicted octanol–water partition coefficient (Wildman–Crippen LogP) is 4.21. The van der Waals surface area contributed by atoms with Gasteiger partial charge in [-0.3, -0.25) is 0 Å². The van der Waals surface area contributed by atoms with E-state index in [1.54, 1.807) is 0 Å². The largest absolute Gasteiger partial charge is 0.313 e. The molecule has 3 heteroatoms. The zero-order chi connectivity index (χ0) is 15.6. The fourth-order valence-corrected chi connectivity index (χ4v) is 6.43. The standard InChI is InChI=1S/C20H26N2S/c21-12-14-4-1-2-5-15(14)13-23-9-8-22-20-11-16-10-19(20)18-7-3-6-17(16)18/h1-2,4-5,16-20,22H,3,6-11,13H2/t16-,17+,18+,19+,20-/m1/s1. The van der Waals surface area contributed by atoms with E-state index in [0.717, 1.165) is 53.3 Å². The molecular formula is C20H26N2S. The Balaban J connectivity index is 1.19. The number of nitrogens with zero attached hydrogens (tertiary/aromatic N) is 1. The van der Waals surface area contributed by atoms with Crippen molar-refractivity contribution in [3.05, 3.63) is 35.4 Å². The molecule has 0 saturated heterocycles. The summed E-state index contributed by atoms with van der Waals surface area (Å²) >= 11 is 1.95. The molecule has 0 aliphatic heterocycles. The van der Waals surface area contributed by atoms with Crippen LogP contribution >= 0.6 is 11.8 Å². The topological polar surface area (TPSA) is 35.8 Å². The second-order valence-electron chi connectivity index (χ2n) is 7.54. The number of fused-ring (bicyclic) bond motifs is 5. The minimum Gasteiger partial charge on any atom is -0.313 e. The maximum atomic E-state index is 9.13. The van der Waals surface area contributed by atoms with Crippen LogP contribution in [-0.2, 0) is 5.75 Å². The van der Waals surface area contributed by atoms with Gasteiger partial charge in [-0.05, 0) is 61.0 Å². The molecular weight excluding hydrogens is 300 g/mol. The number of nitrogens with one attached hydrogen (secondary N) is 1.